The molecule has 3 heterocycles. The number of benzene rings is 1. The molecule has 148 valence electrons. The molecule has 2 aromatic heterocycles. The van der Waals surface area contributed by atoms with Gasteiger partial charge in [0, 0.05) is 31.0 Å². The molecule has 1 aliphatic heterocycles. The van der Waals surface area contributed by atoms with Crippen molar-refractivity contribution in [1.82, 2.24) is 19.6 Å². The van der Waals surface area contributed by atoms with E-state index in [-0.39, 0.29) is 0 Å². The highest BCUT2D eigenvalue weighted by atomic mass is 16.5. The van der Waals surface area contributed by atoms with E-state index in [0.29, 0.717) is 18.7 Å². The Morgan fingerprint density at radius 1 is 1.11 bits per heavy atom. The SMILES string of the molecule is CC(C)N1CCC(NCc2ccc(OCc3cn4ccccc4n3)cc2)CC1. The molecule has 0 bridgehead atoms. The minimum atomic E-state index is 0.480. The van der Waals surface area contributed by atoms with Crippen molar-refractivity contribution in [2.75, 3.05) is 13.1 Å². The van der Waals surface area contributed by atoms with Crippen molar-refractivity contribution in [1.29, 1.82) is 0 Å². The number of rotatable bonds is 7. The van der Waals surface area contributed by atoms with Crippen LogP contribution in [0.3, 0.4) is 0 Å². The minimum Gasteiger partial charge on any atom is -0.487 e. The molecule has 0 atom stereocenters. The summed E-state index contributed by atoms with van der Waals surface area (Å²) in [6, 6.07) is 15.7. The Bertz CT molecular complexity index is 846. The van der Waals surface area contributed by atoms with Crippen LogP contribution < -0.4 is 10.1 Å². The second kappa shape index (κ2) is 8.76. The number of pyridine rings is 1. The first-order valence-corrected chi connectivity index (χ1v) is 10.3. The molecule has 1 saturated heterocycles. The third kappa shape index (κ3) is 4.72. The lowest BCUT2D eigenvalue weighted by atomic mass is 10.0. The van der Waals surface area contributed by atoms with Crippen LogP contribution in [0.2, 0.25) is 0 Å². The molecule has 0 unspecified atom stereocenters. The van der Waals surface area contributed by atoms with E-state index < -0.39 is 0 Å². The lowest BCUT2D eigenvalue weighted by molar-refractivity contribution is 0.161. The van der Waals surface area contributed by atoms with Gasteiger partial charge in [0.15, 0.2) is 0 Å². The van der Waals surface area contributed by atoms with Crippen molar-refractivity contribution < 1.29 is 4.74 Å². The van der Waals surface area contributed by atoms with Gasteiger partial charge >= 0.3 is 0 Å². The summed E-state index contributed by atoms with van der Waals surface area (Å²) >= 11 is 0. The summed E-state index contributed by atoms with van der Waals surface area (Å²) in [6.45, 7) is 8.36. The van der Waals surface area contributed by atoms with Crippen molar-refractivity contribution in [3.8, 4) is 5.75 Å². The molecule has 0 amide bonds. The second-order valence-electron chi connectivity index (χ2n) is 7.92. The van der Waals surface area contributed by atoms with E-state index in [1.165, 1.54) is 31.5 Å². The predicted molar refractivity (Wildman–Crippen MR) is 113 cm³/mol. The number of ether oxygens (including phenoxy) is 1. The number of aromatic nitrogens is 2. The number of piperidine rings is 1. The molecule has 0 saturated carbocycles. The fourth-order valence-electron chi connectivity index (χ4n) is 3.80. The zero-order valence-electron chi connectivity index (χ0n) is 16.8. The molecule has 1 fully saturated rings. The number of hydrogen-bond donors (Lipinski definition) is 1. The predicted octanol–water partition coefficient (Wildman–Crippen LogP) is 3.88. The van der Waals surface area contributed by atoms with Gasteiger partial charge in [-0.2, -0.15) is 0 Å². The average Bonchev–Trinajstić information content (AvgIpc) is 3.15. The van der Waals surface area contributed by atoms with Gasteiger partial charge in [0.05, 0.1) is 5.69 Å². The smallest absolute Gasteiger partial charge is 0.137 e. The Kier molecular flexibility index (Phi) is 5.93. The molecule has 3 aromatic rings. The summed E-state index contributed by atoms with van der Waals surface area (Å²) in [5.41, 5.74) is 3.18. The van der Waals surface area contributed by atoms with Crippen LogP contribution in [0.4, 0.5) is 0 Å². The largest absolute Gasteiger partial charge is 0.487 e. The maximum atomic E-state index is 5.90. The van der Waals surface area contributed by atoms with Gasteiger partial charge in [-0.15, -0.1) is 0 Å². The van der Waals surface area contributed by atoms with E-state index in [1.807, 2.05) is 47.1 Å². The van der Waals surface area contributed by atoms with E-state index >= 15 is 0 Å². The topological polar surface area (TPSA) is 41.8 Å². The summed E-state index contributed by atoms with van der Waals surface area (Å²) in [5, 5.41) is 3.71. The first-order chi connectivity index (χ1) is 13.7. The van der Waals surface area contributed by atoms with E-state index in [9.17, 15) is 0 Å². The van der Waals surface area contributed by atoms with Gasteiger partial charge < -0.3 is 19.4 Å². The highest BCUT2D eigenvalue weighted by molar-refractivity contribution is 5.39. The molecular formula is C23H30N4O. The van der Waals surface area contributed by atoms with Crippen LogP contribution in [0.5, 0.6) is 5.75 Å². The van der Waals surface area contributed by atoms with E-state index in [2.05, 4.69) is 41.2 Å². The normalized spacial score (nSPS) is 16.1. The Balaban J connectivity index is 1.23. The van der Waals surface area contributed by atoms with Crippen LogP contribution in [0, 0.1) is 0 Å². The number of imidazole rings is 1. The number of hydrogen-bond acceptors (Lipinski definition) is 4. The van der Waals surface area contributed by atoms with Crippen molar-refractivity contribution >= 4 is 5.65 Å². The quantitative estimate of drug-likeness (QED) is 0.678. The summed E-state index contributed by atoms with van der Waals surface area (Å²) in [4.78, 5) is 7.13. The number of likely N-dealkylation sites (tertiary alicyclic amines) is 1. The molecule has 1 N–H and O–H groups in total. The summed E-state index contributed by atoms with van der Waals surface area (Å²) in [7, 11) is 0. The summed E-state index contributed by atoms with van der Waals surface area (Å²) in [5.74, 6) is 0.881. The van der Waals surface area contributed by atoms with E-state index in [4.69, 9.17) is 4.74 Å². The van der Waals surface area contributed by atoms with Crippen LogP contribution in [-0.4, -0.2) is 39.5 Å². The molecule has 1 aromatic carbocycles. The fraction of sp³-hybridized carbons (Fsp3) is 0.435. The fourth-order valence-corrected chi connectivity index (χ4v) is 3.80. The van der Waals surface area contributed by atoms with Crippen molar-refractivity contribution in [2.24, 2.45) is 0 Å². The second-order valence-corrected chi connectivity index (χ2v) is 7.92. The standard InChI is InChI=1S/C23H30N4O/c1-18(2)26-13-10-20(11-14-26)24-15-19-6-8-22(9-7-19)28-17-21-16-27-12-4-3-5-23(27)25-21/h3-9,12,16,18,20,24H,10-11,13-15,17H2,1-2H3. The molecule has 4 rings (SSSR count). The molecule has 0 spiro atoms. The molecule has 5 heteroatoms. The highest BCUT2D eigenvalue weighted by Crippen LogP contribution is 2.16. The zero-order valence-corrected chi connectivity index (χ0v) is 16.8. The van der Waals surface area contributed by atoms with Crippen LogP contribution in [0.15, 0.2) is 54.9 Å². The van der Waals surface area contributed by atoms with Gasteiger partial charge in [0.1, 0.15) is 18.0 Å². The Hall–Kier alpha value is -2.37. The van der Waals surface area contributed by atoms with Gasteiger partial charge in [-0.05, 0) is 69.6 Å². The van der Waals surface area contributed by atoms with Crippen LogP contribution in [0.25, 0.3) is 5.65 Å². The number of fused-ring (bicyclic) bond motifs is 1. The number of nitrogens with zero attached hydrogens (tertiary/aromatic N) is 3. The molecular weight excluding hydrogens is 348 g/mol. The van der Waals surface area contributed by atoms with E-state index in [0.717, 1.165) is 23.6 Å². The average molecular weight is 379 g/mol. The lowest BCUT2D eigenvalue weighted by Gasteiger charge is -2.35. The molecule has 0 radical (unpaired) electrons. The van der Waals surface area contributed by atoms with Crippen molar-refractivity contribution in [3.63, 3.8) is 0 Å². The van der Waals surface area contributed by atoms with E-state index in [1.54, 1.807) is 0 Å². The van der Waals surface area contributed by atoms with Gasteiger partial charge in [-0.3, -0.25) is 0 Å². The maximum Gasteiger partial charge on any atom is 0.137 e. The maximum absolute atomic E-state index is 5.90. The minimum absolute atomic E-state index is 0.480. The third-order valence-electron chi connectivity index (χ3n) is 5.58. The first-order valence-electron chi connectivity index (χ1n) is 10.3. The van der Waals surface area contributed by atoms with Gasteiger partial charge in [0.2, 0.25) is 0 Å². The summed E-state index contributed by atoms with van der Waals surface area (Å²) < 4.78 is 7.92. The highest BCUT2D eigenvalue weighted by Gasteiger charge is 2.20. The van der Waals surface area contributed by atoms with Crippen molar-refractivity contribution in [2.45, 2.75) is 51.9 Å². The van der Waals surface area contributed by atoms with Gasteiger partial charge in [-0.25, -0.2) is 4.98 Å². The van der Waals surface area contributed by atoms with Crippen molar-refractivity contribution in [3.05, 3.63) is 66.1 Å². The molecule has 0 aliphatic carbocycles. The molecule has 28 heavy (non-hydrogen) atoms. The third-order valence-corrected chi connectivity index (χ3v) is 5.58. The van der Waals surface area contributed by atoms with Gasteiger partial charge in [-0.1, -0.05) is 18.2 Å². The van der Waals surface area contributed by atoms with Crippen LogP contribution >= 0.6 is 0 Å². The summed E-state index contributed by atoms with van der Waals surface area (Å²) in [6.07, 6.45) is 6.48. The Labute approximate surface area is 167 Å². The molecule has 1 aliphatic rings. The monoisotopic (exact) mass is 378 g/mol. The Morgan fingerprint density at radius 2 is 1.89 bits per heavy atom. The molecule has 5 nitrogen and oxygen atoms in total. The lowest BCUT2D eigenvalue weighted by Crippen LogP contribution is -2.44. The van der Waals surface area contributed by atoms with Crippen LogP contribution in [-0.2, 0) is 13.2 Å². The zero-order chi connectivity index (χ0) is 19.3. The van der Waals surface area contributed by atoms with Gasteiger partial charge in [0.25, 0.3) is 0 Å². The first kappa shape index (κ1) is 19.0. The number of nitrogens with one attached hydrogen (secondary N) is 1. The van der Waals surface area contributed by atoms with Crippen LogP contribution in [0.1, 0.15) is 37.9 Å². The Morgan fingerprint density at radius 3 is 2.61 bits per heavy atom.